The van der Waals surface area contributed by atoms with Crippen LogP contribution >= 0.6 is 11.8 Å². The van der Waals surface area contributed by atoms with E-state index in [-0.39, 0.29) is 11.6 Å². The van der Waals surface area contributed by atoms with E-state index < -0.39 is 4.92 Å². The molecule has 0 atom stereocenters. The lowest BCUT2D eigenvalue weighted by Gasteiger charge is -2.34. The van der Waals surface area contributed by atoms with Crippen LogP contribution in [0.5, 0.6) is 0 Å². The highest BCUT2D eigenvalue weighted by Gasteiger charge is 2.20. The molecule has 7 heteroatoms. The van der Waals surface area contributed by atoms with Crippen LogP contribution in [0, 0.1) is 10.1 Å². The molecule has 0 unspecified atom stereocenters. The number of amides is 1. The Morgan fingerprint density at radius 2 is 1.71 bits per heavy atom. The van der Waals surface area contributed by atoms with E-state index in [1.54, 1.807) is 12.1 Å². The first-order chi connectivity index (χ1) is 13.6. The molecule has 1 fully saturated rings. The zero-order valence-electron chi connectivity index (χ0n) is 15.6. The number of nitro groups is 1. The van der Waals surface area contributed by atoms with Crippen LogP contribution in [0.1, 0.15) is 5.56 Å². The first kappa shape index (κ1) is 20.1. The van der Waals surface area contributed by atoms with Crippen molar-refractivity contribution in [3.05, 3.63) is 76.4 Å². The standard InChI is InChI=1S/C21H23N3O3S/c25-21(17-28-20-10-8-19(9-11-20)24(26)27)23-15-13-22(14-16-23)12-4-7-18-5-2-1-3-6-18/h1-11H,12-17H2. The number of thioether (sulfide) groups is 1. The third-order valence-electron chi connectivity index (χ3n) is 4.61. The van der Waals surface area contributed by atoms with Crippen LogP contribution in [-0.4, -0.2) is 59.1 Å². The zero-order valence-corrected chi connectivity index (χ0v) is 16.4. The van der Waals surface area contributed by atoms with Crippen molar-refractivity contribution in [2.45, 2.75) is 4.90 Å². The molecular weight excluding hydrogens is 374 g/mol. The van der Waals surface area contributed by atoms with Gasteiger partial charge in [0.25, 0.3) is 5.69 Å². The minimum Gasteiger partial charge on any atom is -0.339 e. The van der Waals surface area contributed by atoms with E-state index in [4.69, 9.17) is 0 Å². The first-order valence-electron chi connectivity index (χ1n) is 9.21. The number of hydrogen-bond acceptors (Lipinski definition) is 5. The number of rotatable bonds is 7. The number of carbonyl (C=O) groups excluding carboxylic acids is 1. The van der Waals surface area contributed by atoms with Crippen molar-refractivity contribution in [1.29, 1.82) is 0 Å². The minimum atomic E-state index is -0.422. The second kappa shape index (κ2) is 10.1. The van der Waals surface area contributed by atoms with Gasteiger partial charge in [-0.15, -0.1) is 11.8 Å². The monoisotopic (exact) mass is 397 g/mol. The smallest absolute Gasteiger partial charge is 0.269 e. The van der Waals surface area contributed by atoms with Crippen LogP contribution in [-0.2, 0) is 4.79 Å². The summed E-state index contributed by atoms with van der Waals surface area (Å²) >= 11 is 1.42. The van der Waals surface area contributed by atoms with Crippen molar-refractivity contribution in [3.8, 4) is 0 Å². The van der Waals surface area contributed by atoms with Gasteiger partial charge in [0.15, 0.2) is 0 Å². The Morgan fingerprint density at radius 1 is 1.04 bits per heavy atom. The summed E-state index contributed by atoms with van der Waals surface area (Å²) in [7, 11) is 0. The molecule has 0 radical (unpaired) electrons. The van der Waals surface area contributed by atoms with Crippen LogP contribution < -0.4 is 0 Å². The van der Waals surface area contributed by atoms with Crippen LogP contribution in [0.15, 0.2) is 65.6 Å². The molecular formula is C21H23N3O3S. The lowest BCUT2D eigenvalue weighted by atomic mass is 10.2. The van der Waals surface area contributed by atoms with Gasteiger partial charge >= 0.3 is 0 Å². The van der Waals surface area contributed by atoms with Crippen molar-refractivity contribution in [2.75, 3.05) is 38.5 Å². The lowest BCUT2D eigenvalue weighted by molar-refractivity contribution is -0.384. The van der Waals surface area contributed by atoms with Crippen molar-refractivity contribution >= 4 is 29.4 Å². The van der Waals surface area contributed by atoms with Gasteiger partial charge in [-0.3, -0.25) is 19.8 Å². The summed E-state index contributed by atoms with van der Waals surface area (Å²) in [6.07, 6.45) is 4.29. The number of piperazine rings is 1. The number of non-ortho nitro benzene ring substituents is 1. The molecule has 0 aromatic heterocycles. The number of nitro benzene ring substituents is 1. The van der Waals surface area contributed by atoms with Gasteiger partial charge in [0.2, 0.25) is 5.91 Å². The fraction of sp³-hybridized carbons (Fsp3) is 0.286. The first-order valence-corrected chi connectivity index (χ1v) is 10.2. The van der Waals surface area contributed by atoms with Crippen molar-refractivity contribution in [1.82, 2.24) is 9.80 Å². The normalized spacial score (nSPS) is 15.1. The minimum absolute atomic E-state index is 0.0631. The zero-order chi connectivity index (χ0) is 19.8. The van der Waals surface area contributed by atoms with Gasteiger partial charge in [0.1, 0.15) is 0 Å². The maximum absolute atomic E-state index is 12.4. The van der Waals surface area contributed by atoms with E-state index >= 15 is 0 Å². The fourth-order valence-corrected chi connectivity index (χ4v) is 3.78. The second-order valence-electron chi connectivity index (χ2n) is 6.53. The molecule has 1 amide bonds. The highest BCUT2D eigenvalue weighted by molar-refractivity contribution is 8.00. The molecule has 146 valence electrons. The van der Waals surface area contributed by atoms with Crippen LogP contribution in [0.2, 0.25) is 0 Å². The molecule has 2 aromatic carbocycles. The van der Waals surface area contributed by atoms with Crippen molar-refractivity contribution in [3.63, 3.8) is 0 Å². The van der Waals surface area contributed by atoms with Crippen LogP contribution in [0.3, 0.4) is 0 Å². The molecule has 0 bridgehead atoms. The summed E-state index contributed by atoms with van der Waals surface area (Å²) < 4.78 is 0. The van der Waals surface area contributed by atoms with Gasteiger partial charge in [-0.2, -0.15) is 0 Å². The average Bonchev–Trinajstić information content (AvgIpc) is 2.73. The maximum Gasteiger partial charge on any atom is 0.269 e. The third kappa shape index (κ3) is 5.94. The van der Waals surface area contributed by atoms with Crippen molar-refractivity contribution in [2.24, 2.45) is 0 Å². The topological polar surface area (TPSA) is 66.7 Å². The predicted molar refractivity (Wildman–Crippen MR) is 112 cm³/mol. The molecule has 3 rings (SSSR count). The van der Waals surface area contributed by atoms with Crippen LogP contribution in [0.25, 0.3) is 6.08 Å². The summed E-state index contributed by atoms with van der Waals surface area (Å²) in [5.74, 6) is 0.467. The third-order valence-corrected chi connectivity index (χ3v) is 5.61. The molecule has 1 aliphatic heterocycles. The van der Waals surface area contributed by atoms with Crippen molar-refractivity contribution < 1.29 is 9.72 Å². The van der Waals surface area contributed by atoms with Gasteiger partial charge in [0, 0.05) is 49.8 Å². The molecule has 0 saturated carbocycles. The van der Waals surface area contributed by atoms with E-state index in [1.807, 2.05) is 23.1 Å². The predicted octanol–water partition coefficient (Wildman–Crippen LogP) is 3.54. The summed E-state index contributed by atoms with van der Waals surface area (Å²) in [5, 5.41) is 10.7. The Bertz CT molecular complexity index is 817. The molecule has 1 aliphatic rings. The fourth-order valence-electron chi connectivity index (χ4n) is 2.98. The van der Waals surface area contributed by atoms with Gasteiger partial charge < -0.3 is 4.90 Å². The van der Waals surface area contributed by atoms with Gasteiger partial charge in [0.05, 0.1) is 10.7 Å². The van der Waals surface area contributed by atoms with E-state index in [9.17, 15) is 14.9 Å². The second-order valence-corrected chi connectivity index (χ2v) is 7.58. The Hall–Kier alpha value is -2.64. The average molecular weight is 398 g/mol. The number of hydrogen-bond donors (Lipinski definition) is 0. The summed E-state index contributed by atoms with van der Waals surface area (Å²) in [4.78, 5) is 27.8. The number of benzene rings is 2. The largest absolute Gasteiger partial charge is 0.339 e. The van der Waals surface area contributed by atoms with Gasteiger partial charge in [-0.25, -0.2) is 0 Å². The Morgan fingerprint density at radius 3 is 2.36 bits per heavy atom. The molecule has 0 N–H and O–H groups in total. The van der Waals surface area contributed by atoms with E-state index in [2.05, 4.69) is 29.2 Å². The van der Waals surface area contributed by atoms with Crippen LogP contribution in [0.4, 0.5) is 5.69 Å². The van der Waals surface area contributed by atoms with Gasteiger partial charge in [-0.1, -0.05) is 42.5 Å². The molecule has 28 heavy (non-hydrogen) atoms. The van der Waals surface area contributed by atoms with E-state index in [0.29, 0.717) is 5.75 Å². The van der Waals surface area contributed by atoms with Gasteiger partial charge in [-0.05, 0) is 17.7 Å². The SMILES string of the molecule is O=C(CSc1ccc([N+](=O)[O-])cc1)N1CCN(CC=Cc2ccccc2)CC1. The highest BCUT2D eigenvalue weighted by Crippen LogP contribution is 2.22. The van der Waals surface area contributed by atoms with E-state index in [0.717, 1.165) is 37.6 Å². The quantitative estimate of drug-likeness (QED) is 0.406. The number of nitrogens with zero attached hydrogens (tertiary/aromatic N) is 3. The van der Waals surface area contributed by atoms with E-state index in [1.165, 1.54) is 29.5 Å². The molecule has 0 spiro atoms. The maximum atomic E-state index is 12.4. The Labute approximate surface area is 169 Å². The summed E-state index contributed by atoms with van der Waals surface area (Å²) in [5.41, 5.74) is 1.26. The summed E-state index contributed by atoms with van der Waals surface area (Å²) in [6, 6.07) is 16.5. The summed E-state index contributed by atoms with van der Waals surface area (Å²) in [6.45, 7) is 4.09. The molecule has 1 saturated heterocycles. The lowest BCUT2D eigenvalue weighted by Crippen LogP contribution is -2.49. The number of carbonyl (C=O) groups is 1. The molecule has 0 aliphatic carbocycles. The Balaban J connectivity index is 1.38. The molecule has 6 nitrogen and oxygen atoms in total. The Kier molecular flexibility index (Phi) is 7.22. The highest BCUT2D eigenvalue weighted by atomic mass is 32.2. The molecule has 1 heterocycles. The molecule has 2 aromatic rings.